The number of piperidine rings is 2. The Hall–Kier alpha value is -0.120. The van der Waals surface area contributed by atoms with Crippen molar-refractivity contribution >= 4 is 0 Å². The molecule has 0 aromatic carbocycles. The van der Waals surface area contributed by atoms with Crippen LogP contribution in [-0.4, -0.2) is 72.6 Å². The molecule has 116 valence electrons. The summed E-state index contributed by atoms with van der Waals surface area (Å²) in [6.07, 6.45) is 1.51. The molecular weight excluding hydrogens is 246 g/mol. The van der Waals surface area contributed by atoms with Crippen LogP contribution in [0, 0.1) is 17.8 Å². The summed E-state index contributed by atoms with van der Waals surface area (Å²) in [5.74, 6) is 3.01. The van der Waals surface area contributed by atoms with Crippen LogP contribution < -0.4 is 0 Å². The molecule has 3 heteroatoms. The zero-order valence-corrected chi connectivity index (χ0v) is 13.9. The lowest BCUT2D eigenvalue weighted by molar-refractivity contribution is -0.0724. The van der Waals surface area contributed by atoms with Gasteiger partial charge in [0.1, 0.15) is 0 Å². The van der Waals surface area contributed by atoms with Crippen molar-refractivity contribution in [1.82, 2.24) is 14.7 Å². The molecule has 0 radical (unpaired) electrons. The normalized spacial score (nSPS) is 36.6. The fourth-order valence-electron chi connectivity index (χ4n) is 4.50. The second-order valence-electron chi connectivity index (χ2n) is 7.90. The molecule has 0 aromatic heterocycles. The highest BCUT2D eigenvalue weighted by atomic mass is 15.3. The Morgan fingerprint density at radius 3 is 1.85 bits per heavy atom. The van der Waals surface area contributed by atoms with Crippen LogP contribution in [0.1, 0.15) is 34.1 Å². The summed E-state index contributed by atoms with van der Waals surface area (Å²) in [4.78, 5) is 8.07. The van der Waals surface area contributed by atoms with Crippen molar-refractivity contribution in [1.29, 1.82) is 0 Å². The van der Waals surface area contributed by atoms with Crippen LogP contribution in [0.4, 0.5) is 0 Å². The lowest BCUT2D eigenvalue weighted by Gasteiger charge is -2.56. The van der Waals surface area contributed by atoms with Gasteiger partial charge in [-0.1, -0.05) is 0 Å². The summed E-state index contributed by atoms with van der Waals surface area (Å²) in [5.41, 5.74) is 0. The van der Waals surface area contributed by atoms with Gasteiger partial charge in [0, 0.05) is 57.9 Å². The SMILES string of the molecule is CC(C)N1CCN(CC2C3CC2CN(C(C)C)C3)CC1. The Kier molecular flexibility index (Phi) is 4.40. The number of likely N-dealkylation sites (tertiary alicyclic amines) is 1. The topological polar surface area (TPSA) is 9.72 Å². The maximum atomic E-state index is 2.74. The van der Waals surface area contributed by atoms with Gasteiger partial charge in [0.05, 0.1) is 0 Å². The number of rotatable bonds is 4. The summed E-state index contributed by atoms with van der Waals surface area (Å²) in [6.45, 7) is 18.6. The number of hydrogen-bond acceptors (Lipinski definition) is 3. The van der Waals surface area contributed by atoms with Crippen molar-refractivity contribution in [3.63, 3.8) is 0 Å². The van der Waals surface area contributed by atoms with E-state index in [4.69, 9.17) is 0 Å². The van der Waals surface area contributed by atoms with Gasteiger partial charge in [-0.25, -0.2) is 0 Å². The molecule has 2 atom stereocenters. The van der Waals surface area contributed by atoms with E-state index in [0.717, 1.165) is 29.8 Å². The standard InChI is InChI=1S/C17H33N3/c1-13(2)19-7-5-18(6-8-19)12-17-15-9-16(17)11-20(10-15)14(3)4/h13-17H,5-12H2,1-4H3. The quantitative estimate of drug-likeness (QED) is 0.779. The Bertz CT molecular complexity index is 308. The Morgan fingerprint density at radius 1 is 0.800 bits per heavy atom. The fourth-order valence-corrected chi connectivity index (χ4v) is 4.50. The van der Waals surface area contributed by atoms with Gasteiger partial charge in [-0.15, -0.1) is 0 Å². The molecule has 2 heterocycles. The van der Waals surface area contributed by atoms with Crippen LogP contribution >= 0.6 is 0 Å². The molecular formula is C17H33N3. The van der Waals surface area contributed by atoms with Gasteiger partial charge in [-0.05, 0) is 51.9 Å². The van der Waals surface area contributed by atoms with Crippen molar-refractivity contribution in [3.8, 4) is 0 Å². The van der Waals surface area contributed by atoms with Gasteiger partial charge in [0.2, 0.25) is 0 Å². The first kappa shape index (κ1) is 14.8. The van der Waals surface area contributed by atoms with Crippen LogP contribution in [0.5, 0.6) is 0 Å². The lowest BCUT2D eigenvalue weighted by Crippen LogP contribution is -2.60. The molecule has 0 spiro atoms. The Labute approximate surface area is 125 Å². The summed E-state index contributed by atoms with van der Waals surface area (Å²) in [6, 6.07) is 1.47. The first-order valence-electron chi connectivity index (χ1n) is 8.75. The summed E-state index contributed by atoms with van der Waals surface area (Å²) < 4.78 is 0. The average Bonchev–Trinajstić information content (AvgIpc) is 2.45. The third kappa shape index (κ3) is 2.90. The van der Waals surface area contributed by atoms with E-state index in [0.29, 0.717) is 0 Å². The Balaban J connectivity index is 1.45. The van der Waals surface area contributed by atoms with E-state index in [1.165, 1.54) is 52.2 Å². The minimum Gasteiger partial charge on any atom is -0.300 e. The number of piperazine rings is 1. The third-order valence-corrected chi connectivity index (χ3v) is 6.09. The van der Waals surface area contributed by atoms with E-state index in [-0.39, 0.29) is 0 Å². The second kappa shape index (κ2) is 5.94. The third-order valence-electron chi connectivity index (χ3n) is 6.09. The van der Waals surface area contributed by atoms with E-state index in [9.17, 15) is 0 Å². The number of nitrogens with zero attached hydrogens (tertiary/aromatic N) is 3. The van der Waals surface area contributed by atoms with Crippen molar-refractivity contribution in [2.24, 2.45) is 17.8 Å². The molecule has 2 aliphatic heterocycles. The zero-order chi connectivity index (χ0) is 14.3. The predicted molar refractivity (Wildman–Crippen MR) is 84.9 cm³/mol. The summed E-state index contributed by atoms with van der Waals surface area (Å²) >= 11 is 0. The van der Waals surface area contributed by atoms with E-state index < -0.39 is 0 Å². The van der Waals surface area contributed by atoms with Gasteiger partial charge < -0.3 is 9.80 Å². The molecule has 2 bridgehead atoms. The molecule has 0 N–H and O–H groups in total. The first-order chi connectivity index (χ1) is 9.54. The van der Waals surface area contributed by atoms with E-state index in [2.05, 4.69) is 42.4 Å². The fraction of sp³-hybridized carbons (Fsp3) is 1.00. The van der Waals surface area contributed by atoms with Crippen LogP contribution in [0.15, 0.2) is 0 Å². The highest BCUT2D eigenvalue weighted by Gasteiger charge is 2.47. The number of fused-ring (bicyclic) bond motifs is 2. The second-order valence-corrected chi connectivity index (χ2v) is 7.90. The van der Waals surface area contributed by atoms with E-state index in [1.807, 2.05) is 0 Å². The molecule has 3 rings (SSSR count). The summed E-state index contributed by atoms with van der Waals surface area (Å²) in [7, 11) is 0. The van der Waals surface area contributed by atoms with Crippen molar-refractivity contribution in [3.05, 3.63) is 0 Å². The minimum absolute atomic E-state index is 0.722. The van der Waals surface area contributed by atoms with Gasteiger partial charge in [0.15, 0.2) is 0 Å². The largest absolute Gasteiger partial charge is 0.300 e. The summed E-state index contributed by atoms with van der Waals surface area (Å²) in [5, 5.41) is 0. The van der Waals surface area contributed by atoms with Gasteiger partial charge in [-0.3, -0.25) is 4.90 Å². The van der Waals surface area contributed by atoms with Crippen molar-refractivity contribution < 1.29 is 0 Å². The van der Waals surface area contributed by atoms with Gasteiger partial charge in [-0.2, -0.15) is 0 Å². The van der Waals surface area contributed by atoms with Crippen LogP contribution in [0.3, 0.4) is 0 Å². The molecule has 3 nitrogen and oxygen atoms in total. The zero-order valence-electron chi connectivity index (χ0n) is 13.9. The van der Waals surface area contributed by atoms with Crippen LogP contribution in [0.2, 0.25) is 0 Å². The lowest BCUT2D eigenvalue weighted by atomic mass is 9.61. The van der Waals surface area contributed by atoms with Crippen molar-refractivity contribution in [2.75, 3.05) is 45.8 Å². The maximum absolute atomic E-state index is 2.74. The smallest absolute Gasteiger partial charge is 0.0113 e. The molecule has 0 amide bonds. The van der Waals surface area contributed by atoms with E-state index in [1.54, 1.807) is 0 Å². The molecule has 20 heavy (non-hydrogen) atoms. The van der Waals surface area contributed by atoms with Crippen LogP contribution in [-0.2, 0) is 0 Å². The molecule has 3 fully saturated rings. The highest BCUT2D eigenvalue weighted by Crippen LogP contribution is 2.46. The van der Waals surface area contributed by atoms with Crippen molar-refractivity contribution in [2.45, 2.75) is 46.2 Å². The number of hydrogen-bond donors (Lipinski definition) is 0. The Morgan fingerprint density at radius 2 is 1.35 bits per heavy atom. The highest BCUT2D eigenvalue weighted by molar-refractivity contribution is 4.99. The molecule has 1 saturated carbocycles. The van der Waals surface area contributed by atoms with Gasteiger partial charge in [0.25, 0.3) is 0 Å². The van der Waals surface area contributed by atoms with Gasteiger partial charge >= 0.3 is 0 Å². The monoisotopic (exact) mass is 279 g/mol. The van der Waals surface area contributed by atoms with Crippen LogP contribution in [0.25, 0.3) is 0 Å². The molecule has 3 aliphatic rings. The molecule has 0 aromatic rings. The molecule has 2 unspecified atom stereocenters. The van der Waals surface area contributed by atoms with E-state index >= 15 is 0 Å². The predicted octanol–water partition coefficient (Wildman–Crippen LogP) is 1.99. The molecule has 1 aliphatic carbocycles. The molecule has 2 saturated heterocycles. The maximum Gasteiger partial charge on any atom is 0.0113 e. The average molecular weight is 279 g/mol. The first-order valence-corrected chi connectivity index (χ1v) is 8.75. The minimum atomic E-state index is 0.722.